The molecule has 3 N–H and O–H groups in total. The van der Waals surface area contributed by atoms with Crippen LogP contribution in [0.3, 0.4) is 0 Å². The van der Waals surface area contributed by atoms with Crippen molar-refractivity contribution < 1.29 is 23.1 Å². The van der Waals surface area contributed by atoms with E-state index >= 15 is 0 Å². The zero-order chi connectivity index (χ0) is 97.7. The summed E-state index contributed by atoms with van der Waals surface area (Å²) in [4.78, 5) is 57.6. The fourth-order valence-corrected chi connectivity index (χ4v) is 29.7. The Hall–Kier alpha value is -4.59. The van der Waals surface area contributed by atoms with Crippen LogP contribution in [0.4, 0.5) is 4.79 Å². The summed E-state index contributed by atoms with van der Waals surface area (Å²) in [6, 6.07) is 38.0. The van der Waals surface area contributed by atoms with E-state index in [4.69, 9.17) is 9.84 Å². The molecule has 0 aromatic carbocycles. The molecule has 14 rings (SSSR count). The van der Waals surface area contributed by atoms with Gasteiger partial charge in [0.2, 0.25) is 0 Å². The van der Waals surface area contributed by atoms with Gasteiger partial charge >= 0.3 is 6.09 Å². The minimum absolute atomic E-state index is 0.188. The summed E-state index contributed by atoms with van der Waals surface area (Å²) in [6.07, 6.45) is 32.9. The molecule has 7 atom stereocenters. The number of nitrogens with zero attached hydrogens (tertiary/aromatic N) is 12. The molecule has 0 bridgehead atoms. The molecule has 0 spiro atoms. The number of hydrogen-bond acceptors (Lipinski definition) is 25. The summed E-state index contributed by atoms with van der Waals surface area (Å²) in [5.74, 6) is 5.40. The van der Waals surface area contributed by atoms with Crippen molar-refractivity contribution in [1.29, 1.82) is 0 Å². The first-order valence-corrected chi connectivity index (χ1v) is 59.3. The molecule has 27 heteroatoms. The fourth-order valence-electron chi connectivity index (χ4n) is 18.6. The minimum atomic E-state index is -2.79. The first kappa shape index (κ1) is 116. The first-order valence-electron chi connectivity index (χ1n) is 50.9. The van der Waals surface area contributed by atoms with Crippen LogP contribution in [0, 0.1) is 41.4 Å². The lowest BCUT2D eigenvalue weighted by molar-refractivity contribution is 0.0182. The van der Waals surface area contributed by atoms with Crippen molar-refractivity contribution in [3.05, 3.63) is 205 Å². The number of carbonyl (C=O) groups is 1. The molecule has 19 nitrogen and oxygen atoms in total. The van der Waals surface area contributed by atoms with Crippen molar-refractivity contribution in [2.24, 2.45) is 41.4 Å². The van der Waals surface area contributed by atoms with Gasteiger partial charge in [0, 0.05) is 81.4 Å². The summed E-state index contributed by atoms with van der Waals surface area (Å²) in [5, 5.41) is 23.6. The number of aliphatic hydroxyl groups excluding tert-OH is 1. The van der Waals surface area contributed by atoms with Crippen LogP contribution in [0.15, 0.2) is 165 Å². The Morgan fingerprint density at radius 2 is 0.637 bits per heavy atom. The summed E-state index contributed by atoms with van der Waals surface area (Å²) >= 11 is 14.2. The number of piperidine rings is 6. The molecule has 7 aliphatic heterocycles. The van der Waals surface area contributed by atoms with Gasteiger partial charge in [-0.05, 0) is 348 Å². The third kappa shape index (κ3) is 43.6. The highest BCUT2D eigenvalue weighted by atomic mass is 32.2. The van der Waals surface area contributed by atoms with Crippen LogP contribution in [0.5, 0.6) is 0 Å². The maximum atomic E-state index is 12.2. The van der Waals surface area contributed by atoms with Gasteiger partial charge in [-0.15, -0.1) is 82.3 Å². The maximum Gasteiger partial charge on any atom is 0.410 e. The van der Waals surface area contributed by atoms with Crippen LogP contribution < -0.4 is 10.6 Å². The topological polar surface area (TPSA) is 221 Å². The largest absolute Gasteiger partial charge is 0.444 e. The molecule has 0 saturated carbocycles. The van der Waals surface area contributed by atoms with Crippen molar-refractivity contribution in [2.75, 3.05) is 110 Å². The van der Waals surface area contributed by atoms with Gasteiger partial charge < -0.3 is 40.1 Å². The van der Waals surface area contributed by atoms with E-state index in [9.17, 15) is 13.2 Å². The van der Waals surface area contributed by atoms with E-state index in [0.717, 1.165) is 125 Å². The number of pyridine rings is 6. The Morgan fingerprint density at radius 1 is 0.370 bits per heavy atom. The van der Waals surface area contributed by atoms with Gasteiger partial charge in [0.15, 0.2) is 0 Å². The number of nitrogens with one attached hydrogen (secondary N) is 2. The zero-order valence-corrected chi connectivity index (χ0v) is 92.2. The van der Waals surface area contributed by atoms with Crippen molar-refractivity contribution in [3.8, 4) is 0 Å². The summed E-state index contributed by atoms with van der Waals surface area (Å²) in [6.45, 7) is 56.3. The number of thioether (sulfide) groups is 7. The van der Waals surface area contributed by atoms with Gasteiger partial charge in [-0.2, -0.15) is 0 Å². The molecule has 7 unspecified atom stereocenters. The van der Waals surface area contributed by atoms with Gasteiger partial charge in [-0.25, -0.2) is 13.2 Å². The normalized spacial score (nSPS) is 19.6. The summed E-state index contributed by atoms with van der Waals surface area (Å²) in [5.41, 5.74) is 8.00. The van der Waals surface area contributed by atoms with Crippen molar-refractivity contribution in [3.63, 3.8) is 0 Å². The Morgan fingerprint density at radius 3 is 0.896 bits per heavy atom. The molecule has 0 aliphatic carbocycles. The molecule has 14 heterocycles. The monoisotopic (exact) mass is 2000 g/mol. The third-order valence-electron chi connectivity index (χ3n) is 25.4. The molecule has 135 heavy (non-hydrogen) atoms. The number of ether oxygens (including phenoxy) is 1. The van der Waals surface area contributed by atoms with E-state index < -0.39 is 15.4 Å². The van der Waals surface area contributed by atoms with Crippen molar-refractivity contribution >= 4 is 98.3 Å². The number of aliphatic hydroxyl groups is 1. The Bertz CT molecular complexity index is 4240. The van der Waals surface area contributed by atoms with Crippen LogP contribution >= 0.6 is 82.3 Å². The predicted molar refractivity (Wildman–Crippen MR) is 585 cm³/mol. The number of carbonyl (C=O) groups excluding carboxylic acids is 1. The quantitative estimate of drug-likeness (QED) is 0.0368. The number of rotatable bonds is 31. The molecule has 7 aliphatic rings. The van der Waals surface area contributed by atoms with Crippen molar-refractivity contribution in [2.45, 2.75) is 307 Å². The molecular formula is C108H172N14O5S8. The van der Waals surface area contributed by atoms with Crippen LogP contribution in [-0.4, -0.2) is 238 Å². The van der Waals surface area contributed by atoms with Crippen LogP contribution in [0.2, 0.25) is 0 Å². The average molecular weight is 2000 g/mol. The number of β-amino-alcohol motifs (C(OH)–C–C–N with tert-alkyl or cyclic N) is 1. The molecule has 0 radical (unpaired) electrons. The fraction of sp³-hybridized carbons (Fsp3) is 0.676. The number of sulfone groups is 1. The van der Waals surface area contributed by atoms with Crippen LogP contribution in [0.25, 0.3) is 0 Å². The van der Waals surface area contributed by atoms with Crippen LogP contribution in [0.1, 0.15) is 298 Å². The molecule has 1 amide bonds. The second-order valence-electron chi connectivity index (χ2n) is 40.4. The second kappa shape index (κ2) is 62.7. The SMILES string of the molecule is CC(C)SC(c1ccccn1)C1CCN(C(=O)OC(C)(C)C)CC1.CC(C)SC(c1ccccn1)C1CCN(C(C)C)CC1.CC(C)SC(c1ccccn1)C1CCN(C)CC1.CC(C)SC(c1ccccn1)C1CCN(CCO)CC1.CC(C)SC(c1ccccn1)C1CCNCC1.CC(C)SC(c1ccccn1)C1CCS(=O)(=O)CC1.CC(C)SC(c1cnccn1)C1CCNCC1. The second-order valence-corrected chi connectivity index (χ2v) is 54.7. The van der Waals surface area contributed by atoms with E-state index in [1.54, 1.807) is 6.20 Å². The summed E-state index contributed by atoms with van der Waals surface area (Å²) < 4.78 is 28.6. The van der Waals surface area contributed by atoms with Gasteiger partial charge in [0.05, 0.1) is 94.7 Å². The Kier molecular flexibility index (Phi) is 53.8. The number of hydrogen-bond donors (Lipinski definition) is 3. The van der Waals surface area contributed by atoms with E-state index in [-0.39, 0.29) is 12.7 Å². The lowest BCUT2D eigenvalue weighted by Crippen LogP contribution is -2.42. The highest BCUT2D eigenvalue weighted by molar-refractivity contribution is 8.01. The maximum absolute atomic E-state index is 12.2. The van der Waals surface area contributed by atoms with E-state index in [2.05, 4.69) is 285 Å². The zero-order valence-electron chi connectivity index (χ0n) is 85.7. The van der Waals surface area contributed by atoms with E-state index in [1.807, 2.05) is 165 Å². The summed E-state index contributed by atoms with van der Waals surface area (Å²) in [7, 11) is -0.566. The van der Waals surface area contributed by atoms with Gasteiger partial charge in [0.1, 0.15) is 15.4 Å². The molecular weight excluding hydrogens is 1830 g/mol. The first-order chi connectivity index (χ1) is 64.7. The predicted octanol–water partition coefficient (Wildman–Crippen LogP) is 24.9. The molecule has 7 fully saturated rings. The highest BCUT2D eigenvalue weighted by Crippen LogP contribution is 2.49. The van der Waals surface area contributed by atoms with Gasteiger partial charge in [-0.1, -0.05) is 133 Å². The average Bonchev–Trinajstić information content (AvgIpc) is 0.772. The molecule has 752 valence electrons. The molecule has 7 aromatic heterocycles. The van der Waals surface area contributed by atoms with E-state index in [1.165, 1.54) is 113 Å². The lowest BCUT2D eigenvalue weighted by Gasteiger charge is -2.38. The number of likely N-dealkylation sites (tertiary alicyclic amines) is 4. The van der Waals surface area contributed by atoms with Crippen LogP contribution in [-0.2, 0) is 14.6 Å². The standard InChI is InChI=1S/C19H30N2O2S.C17H28N2S.C16H26N2OS.C15H24N2S.C14H22N2S.C14H21NO2S2.C13H21N3S/c1-14(2)24-17(16-8-6-7-11-20-16)15-9-12-21(13-10-15)18(22)23-19(3,4)5;1-13(2)19-11-8-15(9-12-19)17(20-14(3)4)16-7-5-6-10-18-16;1-13(2)20-16(15-5-3-4-8-17-15)14-6-9-18(10-7-14)11-12-19;1-12(2)18-15(14-6-4-5-9-16-14)13-7-10-17(3)11-8-13;1-11(2)17-14(12-6-9-15-10-7-12)13-5-3-4-8-16-13;1-11(2)18-14(13-5-3-4-8-15-13)12-6-9-19(16,17)10-7-12;1-10(2)17-13(11-3-5-14-6-4-11)12-9-15-7-8-16-12/h6-8,11,14-15,17H,9-10,12-13H2,1-5H3;5-7,10,13-15,17H,8-9,11-12H2,1-4H3;3-5,8,13-14,16,19H,6-7,9-12H2,1-2H3;4-6,9,12-13,15H,7-8,10-11H2,1-3H3;3-5,8,11-12,14-15H,6-7,9-10H2,1-2H3;3-5,8,11-12,14H,6-7,9-10H2,1-2H3;7-11,13-14H,3-6H2,1-2H3. The third-order valence-corrected chi connectivity index (χ3v) is 37.3. The lowest BCUT2D eigenvalue weighted by atomic mass is 9.91. The number of aromatic nitrogens is 8. The smallest absolute Gasteiger partial charge is 0.410 e. The minimum Gasteiger partial charge on any atom is -0.444 e. The Balaban J connectivity index is 0.000000194. The highest BCUT2D eigenvalue weighted by Gasteiger charge is 2.38. The molecule has 7 aromatic rings. The van der Waals surface area contributed by atoms with Gasteiger partial charge in [0.25, 0.3) is 0 Å². The Labute approximate surface area is 847 Å². The number of amides is 1. The molecule has 7 saturated heterocycles. The van der Waals surface area contributed by atoms with E-state index in [0.29, 0.717) is 109 Å². The van der Waals surface area contributed by atoms with Gasteiger partial charge in [-0.3, -0.25) is 39.9 Å². The van der Waals surface area contributed by atoms with Crippen molar-refractivity contribution in [1.82, 2.24) is 70.1 Å².